The van der Waals surface area contributed by atoms with Gasteiger partial charge in [-0.25, -0.2) is 4.79 Å². The minimum absolute atomic E-state index is 0.0125. The van der Waals surface area contributed by atoms with Gasteiger partial charge in [-0.15, -0.1) is 0 Å². The summed E-state index contributed by atoms with van der Waals surface area (Å²) in [5, 5.41) is 3.85. The van der Waals surface area contributed by atoms with E-state index in [2.05, 4.69) is 19.8 Å². The molecule has 0 N–H and O–H groups in total. The van der Waals surface area contributed by atoms with Crippen LogP contribution in [0.4, 0.5) is 13.6 Å². The van der Waals surface area contributed by atoms with Gasteiger partial charge in [0.25, 0.3) is 0 Å². The van der Waals surface area contributed by atoms with E-state index in [1.165, 1.54) is 13.2 Å². The van der Waals surface area contributed by atoms with Crippen LogP contribution in [-0.4, -0.2) is 65.9 Å². The van der Waals surface area contributed by atoms with Gasteiger partial charge in [-0.3, -0.25) is 4.90 Å². The van der Waals surface area contributed by atoms with Crippen LogP contribution in [0, 0.1) is 0 Å². The Morgan fingerprint density at radius 1 is 1.27 bits per heavy atom. The Kier molecular flexibility index (Phi) is 5.61. The second-order valence-electron chi connectivity index (χ2n) is 5.62. The molecule has 10 heteroatoms. The molecule has 0 radical (unpaired) electrons. The van der Waals surface area contributed by atoms with E-state index >= 15 is 0 Å². The molecule has 0 atom stereocenters. The number of amides is 1. The number of benzene rings is 1. The lowest BCUT2D eigenvalue weighted by Crippen LogP contribution is -2.48. The summed E-state index contributed by atoms with van der Waals surface area (Å²) in [5.74, 6) is 0.532. The molecule has 26 heavy (non-hydrogen) atoms. The van der Waals surface area contributed by atoms with E-state index in [1.54, 1.807) is 23.1 Å². The predicted molar refractivity (Wildman–Crippen MR) is 85.6 cm³/mol. The molecule has 3 rings (SSSR count). The number of methoxy groups -OCH3 is 1. The number of carbonyl (C=O) groups excluding carboxylic acids is 1. The Hall–Kier alpha value is -2.75. The van der Waals surface area contributed by atoms with Crippen molar-refractivity contribution in [2.24, 2.45) is 0 Å². The van der Waals surface area contributed by atoms with Crippen LogP contribution in [0.15, 0.2) is 28.8 Å². The summed E-state index contributed by atoms with van der Waals surface area (Å²) in [6.07, 6.45) is -0.347. The van der Waals surface area contributed by atoms with Gasteiger partial charge in [-0.05, 0) is 12.1 Å². The fraction of sp³-hybridized carbons (Fsp3) is 0.438. The van der Waals surface area contributed by atoms with Crippen LogP contribution in [0.3, 0.4) is 0 Å². The van der Waals surface area contributed by atoms with Gasteiger partial charge >= 0.3 is 12.7 Å². The van der Waals surface area contributed by atoms with Crippen molar-refractivity contribution in [1.29, 1.82) is 0 Å². The standard InChI is InChI=1S/C16H18F2N4O4/c1-24-16(23)22-8-6-21(7-9-22)10-13-19-14(20-26-13)11-4-2-3-5-12(11)25-15(17)18/h2-5,15H,6-10H2,1H3. The largest absolute Gasteiger partial charge is 0.453 e. The molecule has 0 aliphatic carbocycles. The van der Waals surface area contributed by atoms with Crippen LogP contribution in [0.5, 0.6) is 5.75 Å². The molecule has 2 heterocycles. The Morgan fingerprint density at radius 3 is 2.69 bits per heavy atom. The SMILES string of the molecule is COC(=O)N1CCN(Cc2nc(-c3ccccc3OC(F)F)no2)CC1. The molecule has 8 nitrogen and oxygen atoms in total. The van der Waals surface area contributed by atoms with E-state index in [1.807, 2.05) is 0 Å². The lowest BCUT2D eigenvalue weighted by Gasteiger charge is -2.32. The summed E-state index contributed by atoms with van der Waals surface area (Å²) in [7, 11) is 1.35. The van der Waals surface area contributed by atoms with Gasteiger partial charge in [-0.1, -0.05) is 17.3 Å². The number of hydrogen-bond donors (Lipinski definition) is 0. The van der Waals surface area contributed by atoms with E-state index in [9.17, 15) is 13.6 Å². The van der Waals surface area contributed by atoms with Crippen LogP contribution in [0.25, 0.3) is 11.4 Å². The monoisotopic (exact) mass is 368 g/mol. The van der Waals surface area contributed by atoms with Crippen molar-refractivity contribution in [3.8, 4) is 17.1 Å². The Bertz CT molecular complexity index is 747. The first-order chi connectivity index (χ1) is 12.6. The van der Waals surface area contributed by atoms with Gasteiger partial charge in [0, 0.05) is 26.2 Å². The maximum atomic E-state index is 12.5. The first-order valence-corrected chi connectivity index (χ1v) is 7.99. The number of carbonyl (C=O) groups is 1. The second kappa shape index (κ2) is 8.09. The summed E-state index contributed by atoms with van der Waals surface area (Å²) in [6, 6.07) is 6.27. The van der Waals surface area contributed by atoms with Gasteiger partial charge in [0.2, 0.25) is 11.7 Å². The third-order valence-corrected chi connectivity index (χ3v) is 3.98. The molecule has 1 saturated heterocycles. The molecule has 1 aliphatic rings. The number of piperazine rings is 1. The zero-order chi connectivity index (χ0) is 18.5. The van der Waals surface area contributed by atoms with Crippen molar-refractivity contribution in [3.63, 3.8) is 0 Å². The molecule has 0 spiro atoms. The highest BCUT2D eigenvalue weighted by atomic mass is 19.3. The fourth-order valence-corrected chi connectivity index (χ4v) is 2.69. The number of alkyl halides is 2. The van der Waals surface area contributed by atoms with Crippen LogP contribution in [0.1, 0.15) is 5.89 Å². The number of para-hydroxylation sites is 1. The summed E-state index contributed by atoms with van der Waals surface area (Å²) < 4.78 is 39.4. The first kappa shape index (κ1) is 18.1. The van der Waals surface area contributed by atoms with Crippen molar-refractivity contribution in [3.05, 3.63) is 30.2 Å². The molecule has 0 bridgehead atoms. The Morgan fingerprint density at radius 2 is 2.00 bits per heavy atom. The number of aromatic nitrogens is 2. The number of hydrogen-bond acceptors (Lipinski definition) is 7. The topological polar surface area (TPSA) is 80.9 Å². The molecular weight excluding hydrogens is 350 g/mol. The molecule has 1 fully saturated rings. The lowest BCUT2D eigenvalue weighted by molar-refractivity contribution is -0.0494. The second-order valence-corrected chi connectivity index (χ2v) is 5.62. The van der Waals surface area contributed by atoms with Crippen LogP contribution < -0.4 is 4.74 Å². The first-order valence-electron chi connectivity index (χ1n) is 7.99. The summed E-state index contributed by atoms with van der Waals surface area (Å²) in [5.41, 5.74) is 0.332. The maximum Gasteiger partial charge on any atom is 0.409 e. The summed E-state index contributed by atoms with van der Waals surface area (Å²) >= 11 is 0. The van der Waals surface area contributed by atoms with Crippen molar-refractivity contribution in [2.45, 2.75) is 13.2 Å². The van der Waals surface area contributed by atoms with Crippen LogP contribution in [0.2, 0.25) is 0 Å². The Balaban J connectivity index is 1.64. The number of halogens is 2. The molecule has 1 aliphatic heterocycles. The third-order valence-electron chi connectivity index (χ3n) is 3.98. The van der Waals surface area contributed by atoms with Gasteiger partial charge in [0.1, 0.15) is 5.75 Å². The summed E-state index contributed by atoms with van der Waals surface area (Å²) in [4.78, 5) is 19.4. The minimum Gasteiger partial charge on any atom is -0.453 e. The van der Waals surface area contributed by atoms with Crippen molar-refractivity contribution in [2.75, 3.05) is 33.3 Å². The number of nitrogens with zero attached hydrogens (tertiary/aromatic N) is 4. The molecule has 1 amide bonds. The number of rotatable bonds is 5. The van der Waals surface area contributed by atoms with Crippen molar-refractivity contribution in [1.82, 2.24) is 19.9 Å². The van der Waals surface area contributed by atoms with Crippen LogP contribution >= 0.6 is 0 Å². The minimum atomic E-state index is -2.94. The van der Waals surface area contributed by atoms with E-state index in [0.29, 0.717) is 44.2 Å². The third kappa shape index (κ3) is 4.26. The summed E-state index contributed by atoms with van der Waals surface area (Å²) in [6.45, 7) is -0.179. The van der Waals surface area contributed by atoms with Gasteiger partial charge < -0.3 is 18.9 Å². The van der Waals surface area contributed by atoms with E-state index < -0.39 is 6.61 Å². The quantitative estimate of drug-likeness (QED) is 0.800. The van der Waals surface area contributed by atoms with Gasteiger partial charge in [0.15, 0.2) is 0 Å². The average Bonchev–Trinajstić information content (AvgIpc) is 3.10. The zero-order valence-electron chi connectivity index (χ0n) is 14.1. The zero-order valence-corrected chi connectivity index (χ0v) is 14.1. The highest BCUT2D eigenvalue weighted by Gasteiger charge is 2.23. The fourth-order valence-electron chi connectivity index (χ4n) is 2.69. The maximum absolute atomic E-state index is 12.5. The van der Waals surface area contributed by atoms with Crippen molar-refractivity contribution < 1.29 is 27.6 Å². The van der Waals surface area contributed by atoms with E-state index in [0.717, 1.165) is 0 Å². The smallest absolute Gasteiger partial charge is 0.409 e. The molecule has 1 aromatic heterocycles. The van der Waals surface area contributed by atoms with Crippen molar-refractivity contribution >= 4 is 6.09 Å². The lowest BCUT2D eigenvalue weighted by atomic mass is 10.2. The molecule has 0 saturated carbocycles. The molecular formula is C16H18F2N4O4. The average molecular weight is 368 g/mol. The van der Waals surface area contributed by atoms with Crippen LogP contribution in [-0.2, 0) is 11.3 Å². The molecule has 0 unspecified atom stereocenters. The highest BCUT2D eigenvalue weighted by Crippen LogP contribution is 2.29. The van der Waals surface area contributed by atoms with Gasteiger partial charge in [-0.2, -0.15) is 13.8 Å². The molecule has 140 valence electrons. The normalized spacial score (nSPS) is 15.3. The Labute approximate surface area is 148 Å². The predicted octanol–water partition coefficient (Wildman–Crippen LogP) is 2.22. The number of ether oxygens (including phenoxy) is 2. The molecule has 2 aromatic rings. The van der Waals surface area contributed by atoms with Gasteiger partial charge in [0.05, 0.1) is 19.2 Å². The highest BCUT2D eigenvalue weighted by molar-refractivity contribution is 5.67. The molecule has 1 aromatic carbocycles. The van der Waals surface area contributed by atoms with E-state index in [4.69, 9.17) is 9.26 Å². The van der Waals surface area contributed by atoms with E-state index in [-0.39, 0.29) is 17.7 Å².